The van der Waals surface area contributed by atoms with Gasteiger partial charge in [0.25, 0.3) is 0 Å². The second-order valence-electron chi connectivity index (χ2n) is 5.23. The van der Waals surface area contributed by atoms with Gasteiger partial charge in [-0.05, 0) is 55.2 Å². The normalized spacial score (nSPS) is 13.9. The van der Waals surface area contributed by atoms with Crippen LogP contribution in [0.25, 0.3) is 0 Å². The molecule has 2 aromatic carbocycles. The van der Waals surface area contributed by atoms with Gasteiger partial charge in [-0.25, -0.2) is 0 Å². The maximum Gasteiger partial charge on any atom is 0.118 e. The molecule has 2 heteroatoms. The first-order chi connectivity index (χ1) is 8.95. The third kappa shape index (κ3) is 2.64. The van der Waals surface area contributed by atoms with Crippen LogP contribution in [-0.2, 0) is 5.54 Å². The Morgan fingerprint density at radius 1 is 0.895 bits per heavy atom. The van der Waals surface area contributed by atoms with Gasteiger partial charge in [-0.2, -0.15) is 0 Å². The lowest BCUT2D eigenvalue weighted by atomic mass is 9.84. The van der Waals surface area contributed by atoms with Gasteiger partial charge >= 0.3 is 0 Å². The number of nitrogens with two attached hydrogens (primary N) is 1. The van der Waals surface area contributed by atoms with Crippen molar-refractivity contribution in [3.63, 3.8) is 0 Å². The lowest BCUT2D eigenvalue weighted by Gasteiger charge is -2.27. The molecule has 2 aromatic rings. The molecule has 0 amide bonds. The minimum Gasteiger partial charge on any atom is -0.497 e. The minimum atomic E-state index is -0.495. The average Bonchev–Trinajstić information content (AvgIpc) is 2.41. The SMILES string of the molecule is COc1ccc(C(C)(N)c2ccc(C)c(C)c2)cc1. The lowest BCUT2D eigenvalue weighted by Crippen LogP contribution is -2.34. The van der Waals surface area contributed by atoms with E-state index in [1.165, 1.54) is 11.1 Å². The van der Waals surface area contributed by atoms with Crippen LogP contribution in [0.5, 0.6) is 5.75 Å². The number of rotatable bonds is 3. The Hall–Kier alpha value is -1.80. The monoisotopic (exact) mass is 255 g/mol. The number of benzene rings is 2. The summed E-state index contributed by atoms with van der Waals surface area (Å²) in [6.45, 7) is 6.27. The predicted molar refractivity (Wildman–Crippen MR) is 79.6 cm³/mol. The first-order valence-corrected chi connectivity index (χ1v) is 6.46. The molecule has 2 rings (SSSR count). The van der Waals surface area contributed by atoms with Crippen molar-refractivity contribution >= 4 is 0 Å². The highest BCUT2D eigenvalue weighted by Crippen LogP contribution is 2.29. The molecule has 0 fully saturated rings. The van der Waals surface area contributed by atoms with Crippen LogP contribution in [0.2, 0.25) is 0 Å². The summed E-state index contributed by atoms with van der Waals surface area (Å²) >= 11 is 0. The smallest absolute Gasteiger partial charge is 0.118 e. The van der Waals surface area contributed by atoms with Crippen molar-refractivity contribution in [2.45, 2.75) is 26.3 Å². The van der Waals surface area contributed by atoms with Crippen molar-refractivity contribution in [3.05, 3.63) is 64.7 Å². The number of methoxy groups -OCH3 is 1. The Morgan fingerprint density at radius 3 is 2.00 bits per heavy atom. The molecule has 1 atom stereocenters. The van der Waals surface area contributed by atoms with E-state index in [-0.39, 0.29) is 0 Å². The van der Waals surface area contributed by atoms with E-state index in [1.807, 2.05) is 31.2 Å². The minimum absolute atomic E-state index is 0.495. The van der Waals surface area contributed by atoms with Crippen molar-refractivity contribution in [1.29, 1.82) is 0 Å². The molecule has 0 saturated heterocycles. The van der Waals surface area contributed by atoms with Gasteiger partial charge in [-0.3, -0.25) is 0 Å². The number of hydrogen-bond acceptors (Lipinski definition) is 2. The van der Waals surface area contributed by atoms with E-state index in [0.717, 1.165) is 16.9 Å². The Labute approximate surface area is 115 Å². The summed E-state index contributed by atoms with van der Waals surface area (Å²) in [5.74, 6) is 0.847. The van der Waals surface area contributed by atoms with Crippen LogP contribution in [0.4, 0.5) is 0 Å². The largest absolute Gasteiger partial charge is 0.497 e. The highest BCUT2D eigenvalue weighted by Gasteiger charge is 2.23. The lowest BCUT2D eigenvalue weighted by molar-refractivity contribution is 0.414. The Kier molecular flexibility index (Phi) is 3.63. The Bertz CT molecular complexity index is 570. The van der Waals surface area contributed by atoms with Crippen LogP contribution >= 0.6 is 0 Å². The van der Waals surface area contributed by atoms with Gasteiger partial charge < -0.3 is 10.5 Å². The molecule has 0 aliphatic carbocycles. The number of ether oxygens (including phenoxy) is 1. The zero-order valence-corrected chi connectivity index (χ0v) is 12.0. The van der Waals surface area contributed by atoms with Gasteiger partial charge in [0.2, 0.25) is 0 Å². The molecule has 0 aliphatic heterocycles. The van der Waals surface area contributed by atoms with E-state index >= 15 is 0 Å². The van der Waals surface area contributed by atoms with Crippen molar-refractivity contribution in [1.82, 2.24) is 0 Å². The molecule has 0 aliphatic rings. The van der Waals surface area contributed by atoms with Crippen LogP contribution in [-0.4, -0.2) is 7.11 Å². The second kappa shape index (κ2) is 5.06. The average molecular weight is 255 g/mol. The van der Waals surface area contributed by atoms with Gasteiger partial charge in [0.15, 0.2) is 0 Å². The highest BCUT2D eigenvalue weighted by molar-refractivity contribution is 5.42. The fourth-order valence-corrected chi connectivity index (χ4v) is 2.17. The third-order valence-electron chi connectivity index (χ3n) is 3.80. The second-order valence-corrected chi connectivity index (χ2v) is 5.23. The Morgan fingerprint density at radius 2 is 1.47 bits per heavy atom. The molecule has 100 valence electrons. The molecule has 1 unspecified atom stereocenters. The summed E-state index contributed by atoms with van der Waals surface area (Å²) in [6, 6.07) is 14.3. The van der Waals surface area contributed by atoms with Crippen molar-refractivity contribution in [2.24, 2.45) is 5.73 Å². The summed E-state index contributed by atoms with van der Waals surface area (Å²) in [7, 11) is 1.67. The zero-order chi connectivity index (χ0) is 14.0. The first kappa shape index (κ1) is 13.6. The van der Waals surface area contributed by atoms with Gasteiger partial charge in [0.1, 0.15) is 5.75 Å². The molecular weight excluding hydrogens is 234 g/mol. The fraction of sp³-hybridized carbons (Fsp3) is 0.294. The quantitative estimate of drug-likeness (QED) is 0.910. The van der Waals surface area contributed by atoms with Crippen LogP contribution in [0, 0.1) is 13.8 Å². The van der Waals surface area contributed by atoms with E-state index in [0.29, 0.717) is 0 Å². The van der Waals surface area contributed by atoms with Crippen LogP contribution in [0.15, 0.2) is 42.5 Å². The van der Waals surface area contributed by atoms with Crippen molar-refractivity contribution in [2.75, 3.05) is 7.11 Å². The molecule has 19 heavy (non-hydrogen) atoms. The fourth-order valence-electron chi connectivity index (χ4n) is 2.17. The van der Waals surface area contributed by atoms with Crippen LogP contribution < -0.4 is 10.5 Å². The molecule has 2 N–H and O–H groups in total. The molecule has 0 radical (unpaired) electrons. The Balaban J connectivity index is 2.41. The third-order valence-corrected chi connectivity index (χ3v) is 3.80. The summed E-state index contributed by atoms with van der Waals surface area (Å²) in [4.78, 5) is 0. The van der Waals surface area contributed by atoms with Crippen molar-refractivity contribution in [3.8, 4) is 5.75 Å². The van der Waals surface area contributed by atoms with Gasteiger partial charge in [0.05, 0.1) is 12.6 Å². The molecule has 0 spiro atoms. The molecule has 0 saturated carbocycles. The number of hydrogen-bond donors (Lipinski definition) is 1. The molecule has 0 heterocycles. The van der Waals surface area contributed by atoms with E-state index in [4.69, 9.17) is 10.5 Å². The van der Waals surface area contributed by atoms with Crippen molar-refractivity contribution < 1.29 is 4.74 Å². The van der Waals surface area contributed by atoms with E-state index in [9.17, 15) is 0 Å². The summed E-state index contributed by atoms with van der Waals surface area (Å²) < 4.78 is 5.18. The topological polar surface area (TPSA) is 35.2 Å². The van der Waals surface area contributed by atoms with E-state index in [1.54, 1.807) is 7.11 Å². The maximum atomic E-state index is 6.53. The summed E-state index contributed by atoms with van der Waals surface area (Å²) in [5.41, 5.74) is 10.8. The molecule has 2 nitrogen and oxygen atoms in total. The standard InChI is InChI=1S/C17H21NO/c1-12-5-6-15(11-13(12)2)17(3,18)14-7-9-16(19-4)10-8-14/h5-11H,18H2,1-4H3. The van der Waals surface area contributed by atoms with Crippen LogP contribution in [0.1, 0.15) is 29.2 Å². The van der Waals surface area contributed by atoms with E-state index < -0.39 is 5.54 Å². The number of aryl methyl sites for hydroxylation is 2. The maximum absolute atomic E-state index is 6.53. The molecular formula is C17H21NO. The molecule has 0 aromatic heterocycles. The summed E-state index contributed by atoms with van der Waals surface area (Å²) in [5, 5.41) is 0. The highest BCUT2D eigenvalue weighted by atomic mass is 16.5. The first-order valence-electron chi connectivity index (χ1n) is 6.46. The predicted octanol–water partition coefficient (Wildman–Crippen LogP) is 3.53. The zero-order valence-electron chi connectivity index (χ0n) is 12.0. The summed E-state index contributed by atoms with van der Waals surface area (Å²) in [6.07, 6.45) is 0. The van der Waals surface area contributed by atoms with Gasteiger partial charge in [-0.1, -0.05) is 30.3 Å². The van der Waals surface area contributed by atoms with E-state index in [2.05, 4.69) is 32.0 Å². The van der Waals surface area contributed by atoms with Crippen LogP contribution in [0.3, 0.4) is 0 Å². The molecule has 0 bridgehead atoms. The van der Waals surface area contributed by atoms with Gasteiger partial charge in [0, 0.05) is 0 Å². The van der Waals surface area contributed by atoms with Gasteiger partial charge in [-0.15, -0.1) is 0 Å².